The predicted octanol–water partition coefficient (Wildman–Crippen LogP) is 1.01. The molecule has 0 bridgehead atoms. The maximum atomic E-state index is 10.1. The lowest BCUT2D eigenvalue weighted by molar-refractivity contribution is 0.506. The van der Waals surface area contributed by atoms with Crippen LogP contribution in [0.5, 0.6) is 0 Å². The number of aryl methyl sites for hydroxylation is 1. The van der Waals surface area contributed by atoms with Gasteiger partial charge in [0, 0.05) is 5.38 Å². The Kier molecular flexibility index (Phi) is 0.982. The first-order valence-electron chi connectivity index (χ1n) is 1.84. The Morgan fingerprint density at radius 3 is 2.71 bits per heavy atom. The summed E-state index contributed by atoms with van der Waals surface area (Å²) in [7, 11) is 0. The van der Waals surface area contributed by atoms with Crippen molar-refractivity contribution in [1.29, 1.82) is 0 Å². The van der Waals surface area contributed by atoms with Crippen LogP contribution in [0.3, 0.4) is 0 Å². The van der Waals surface area contributed by atoms with Crippen molar-refractivity contribution in [3.8, 4) is 0 Å². The zero-order valence-corrected chi connectivity index (χ0v) is 4.62. The molecule has 0 radical (unpaired) electrons. The Morgan fingerprint density at radius 2 is 2.57 bits per heavy atom. The molecule has 0 saturated carbocycles. The van der Waals surface area contributed by atoms with Crippen LogP contribution in [0.2, 0.25) is 0 Å². The third-order valence-electron chi connectivity index (χ3n) is 0.565. The largest absolute Gasteiger partial charge is 0.420 e. The predicted molar refractivity (Wildman–Crippen MR) is 27.6 cm³/mol. The van der Waals surface area contributed by atoms with Gasteiger partial charge in [0.25, 0.3) is 0 Å². The van der Waals surface area contributed by atoms with Crippen molar-refractivity contribution < 1.29 is 4.42 Å². The Bertz CT molecular complexity index is 197. The van der Waals surface area contributed by atoms with Gasteiger partial charge in [-0.25, -0.2) is 4.79 Å². The summed E-state index contributed by atoms with van der Waals surface area (Å²) in [6.07, 6.45) is 0. The highest BCUT2D eigenvalue weighted by Gasteiger charge is 1.86. The molecule has 38 valence electrons. The molecule has 1 heterocycles. The van der Waals surface area contributed by atoms with Crippen LogP contribution < -0.4 is 4.94 Å². The molecule has 0 N–H and O–H groups in total. The molecule has 1 rings (SSSR count). The van der Waals surface area contributed by atoms with Crippen molar-refractivity contribution in [2.75, 3.05) is 0 Å². The van der Waals surface area contributed by atoms with Crippen molar-refractivity contribution in [2.45, 2.75) is 6.92 Å². The van der Waals surface area contributed by atoms with E-state index in [9.17, 15) is 4.79 Å². The van der Waals surface area contributed by atoms with Gasteiger partial charge in [-0.2, -0.15) is 0 Å². The van der Waals surface area contributed by atoms with Gasteiger partial charge >= 0.3 is 4.94 Å². The summed E-state index contributed by atoms with van der Waals surface area (Å²) in [6, 6.07) is 0. The quantitative estimate of drug-likeness (QED) is 0.506. The van der Waals surface area contributed by atoms with Crippen LogP contribution in [-0.2, 0) is 0 Å². The van der Waals surface area contributed by atoms with Gasteiger partial charge in [0.2, 0.25) is 0 Å². The maximum absolute atomic E-state index is 10.1. The zero-order chi connectivity index (χ0) is 5.28. The highest BCUT2D eigenvalue weighted by atomic mass is 32.1. The second kappa shape index (κ2) is 1.50. The monoisotopic (exact) mass is 116 g/mol. The summed E-state index contributed by atoms with van der Waals surface area (Å²) >= 11 is 1.08. The molecular formula is C4H4O2S. The molecule has 0 aliphatic heterocycles. The fraction of sp³-hybridized carbons (Fsp3) is 0.250. The SMILES string of the molecule is Cc1csc(=O)o1. The van der Waals surface area contributed by atoms with Crippen molar-refractivity contribution in [3.05, 3.63) is 20.9 Å². The van der Waals surface area contributed by atoms with E-state index in [0.29, 0.717) is 5.76 Å². The lowest BCUT2D eigenvalue weighted by atomic mass is 10.6. The first kappa shape index (κ1) is 4.59. The van der Waals surface area contributed by atoms with Crippen LogP contribution in [0, 0.1) is 6.92 Å². The second-order valence-electron chi connectivity index (χ2n) is 1.20. The summed E-state index contributed by atoms with van der Waals surface area (Å²) in [6.45, 7) is 1.75. The molecule has 0 aromatic carbocycles. The van der Waals surface area contributed by atoms with E-state index >= 15 is 0 Å². The molecular weight excluding hydrogens is 112 g/mol. The lowest BCUT2D eigenvalue weighted by Gasteiger charge is -1.66. The molecule has 3 heteroatoms. The third-order valence-corrected chi connectivity index (χ3v) is 1.29. The molecule has 0 saturated heterocycles. The van der Waals surface area contributed by atoms with Gasteiger partial charge in [-0.1, -0.05) is 11.3 Å². The van der Waals surface area contributed by atoms with E-state index < -0.39 is 0 Å². The smallest absolute Gasteiger partial charge is 0.395 e. The molecule has 0 atom stereocenters. The molecule has 0 amide bonds. The summed E-state index contributed by atoms with van der Waals surface area (Å²) < 4.78 is 4.55. The van der Waals surface area contributed by atoms with Crippen LogP contribution in [0.15, 0.2) is 14.6 Å². The Hall–Kier alpha value is -0.570. The molecule has 0 unspecified atom stereocenters. The van der Waals surface area contributed by atoms with Crippen molar-refractivity contribution in [2.24, 2.45) is 0 Å². The Morgan fingerprint density at radius 1 is 1.86 bits per heavy atom. The Labute approximate surface area is 44.4 Å². The van der Waals surface area contributed by atoms with Gasteiger partial charge in [0.05, 0.1) is 0 Å². The lowest BCUT2D eigenvalue weighted by Crippen LogP contribution is -1.80. The molecule has 0 aliphatic rings. The van der Waals surface area contributed by atoms with E-state index in [4.69, 9.17) is 0 Å². The molecule has 2 nitrogen and oxygen atoms in total. The first-order chi connectivity index (χ1) is 3.29. The van der Waals surface area contributed by atoms with Gasteiger partial charge in [0.1, 0.15) is 5.76 Å². The van der Waals surface area contributed by atoms with Crippen LogP contribution in [0.1, 0.15) is 5.76 Å². The van der Waals surface area contributed by atoms with Gasteiger partial charge in [-0.15, -0.1) is 0 Å². The number of hydrogen-bond donors (Lipinski definition) is 0. The third kappa shape index (κ3) is 0.899. The van der Waals surface area contributed by atoms with Crippen molar-refractivity contribution >= 4 is 11.3 Å². The standard InChI is InChI=1S/C4H4O2S/c1-3-2-7-4(5)6-3/h2H,1H3. The van der Waals surface area contributed by atoms with E-state index in [1.165, 1.54) is 0 Å². The molecule has 0 spiro atoms. The van der Waals surface area contributed by atoms with Gasteiger partial charge in [-0.3, -0.25) is 0 Å². The van der Waals surface area contributed by atoms with Crippen molar-refractivity contribution in [1.82, 2.24) is 0 Å². The van der Waals surface area contributed by atoms with Gasteiger partial charge in [0.15, 0.2) is 0 Å². The van der Waals surface area contributed by atoms with E-state index in [0.717, 1.165) is 11.3 Å². The zero-order valence-electron chi connectivity index (χ0n) is 3.80. The number of hydrogen-bond acceptors (Lipinski definition) is 3. The second-order valence-corrected chi connectivity index (χ2v) is 2.00. The molecule has 7 heavy (non-hydrogen) atoms. The fourth-order valence-corrected chi connectivity index (χ4v) is 0.801. The van der Waals surface area contributed by atoms with E-state index in [1.807, 2.05) is 0 Å². The molecule has 0 fully saturated rings. The highest BCUT2D eigenvalue weighted by molar-refractivity contribution is 7.07. The highest BCUT2D eigenvalue weighted by Crippen LogP contribution is 1.94. The minimum atomic E-state index is -0.225. The van der Waals surface area contributed by atoms with Crippen LogP contribution in [0.4, 0.5) is 0 Å². The molecule has 0 aliphatic carbocycles. The van der Waals surface area contributed by atoms with Crippen LogP contribution in [0.25, 0.3) is 0 Å². The van der Waals surface area contributed by atoms with Crippen LogP contribution >= 0.6 is 11.3 Å². The average molecular weight is 116 g/mol. The molecule has 1 aromatic rings. The van der Waals surface area contributed by atoms with Crippen LogP contribution in [-0.4, -0.2) is 0 Å². The average Bonchev–Trinajstić information content (AvgIpc) is 1.87. The minimum absolute atomic E-state index is 0.225. The molecule has 1 aromatic heterocycles. The maximum Gasteiger partial charge on any atom is 0.395 e. The van der Waals surface area contributed by atoms with E-state index in [-0.39, 0.29) is 4.94 Å². The summed E-state index contributed by atoms with van der Waals surface area (Å²) in [5.41, 5.74) is 0. The normalized spacial score (nSPS) is 9.29. The first-order valence-corrected chi connectivity index (χ1v) is 2.72. The van der Waals surface area contributed by atoms with E-state index in [2.05, 4.69) is 4.42 Å². The fourth-order valence-electron chi connectivity index (χ4n) is 0.311. The van der Waals surface area contributed by atoms with E-state index in [1.54, 1.807) is 12.3 Å². The van der Waals surface area contributed by atoms with Gasteiger partial charge < -0.3 is 4.42 Å². The minimum Gasteiger partial charge on any atom is -0.420 e. The Balaban J connectivity index is 3.30. The summed E-state index contributed by atoms with van der Waals surface area (Å²) in [5, 5.41) is 1.68. The van der Waals surface area contributed by atoms with Gasteiger partial charge in [-0.05, 0) is 6.92 Å². The van der Waals surface area contributed by atoms with Crippen molar-refractivity contribution in [3.63, 3.8) is 0 Å². The summed E-state index contributed by atoms with van der Waals surface area (Å²) in [4.78, 5) is 9.92. The topological polar surface area (TPSA) is 30.2 Å². The number of rotatable bonds is 0. The summed E-state index contributed by atoms with van der Waals surface area (Å²) in [5.74, 6) is 0.690.